The molecule has 24 heavy (non-hydrogen) atoms. The predicted molar refractivity (Wildman–Crippen MR) is 95.9 cm³/mol. The molecule has 0 spiro atoms. The second kappa shape index (κ2) is 6.11. The summed E-state index contributed by atoms with van der Waals surface area (Å²) < 4.78 is 27.1. The highest BCUT2D eigenvalue weighted by molar-refractivity contribution is 7.92. The smallest absolute Gasteiger partial charge is 0.156 e. The molecule has 0 N–H and O–H groups in total. The van der Waals surface area contributed by atoms with Crippen molar-refractivity contribution in [3.8, 4) is 0 Å². The number of hydrogen-bond donors (Lipinski definition) is 0. The first-order valence-corrected chi connectivity index (χ1v) is 10.5. The molecule has 0 unspecified atom stereocenters. The summed E-state index contributed by atoms with van der Waals surface area (Å²) in [6, 6.07) is 0.486. The van der Waals surface area contributed by atoms with E-state index >= 15 is 0 Å². The number of likely N-dealkylation sites (tertiary alicyclic amines) is 1. The van der Waals surface area contributed by atoms with Crippen molar-refractivity contribution >= 4 is 9.84 Å². The highest BCUT2D eigenvalue weighted by atomic mass is 32.2. The van der Waals surface area contributed by atoms with Crippen LogP contribution in [0.4, 0.5) is 0 Å². The molecule has 1 aromatic rings. The van der Waals surface area contributed by atoms with Crippen LogP contribution in [-0.4, -0.2) is 72.2 Å². The van der Waals surface area contributed by atoms with Gasteiger partial charge in [-0.25, -0.2) is 8.42 Å². The molecule has 0 radical (unpaired) electrons. The number of rotatable bonds is 4. The van der Waals surface area contributed by atoms with Crippen molar-refractivity contribution in [2.45, 2.75) is 51.6 Å². The minimum Gasteiger partial charge on any atom is -0.305 e. The molecule has 2 aliphatic heterocycles. The Morgan fingerprint density at radius 2 is 1.92 bits per heavy atom. The van der Waals surface area contributed by atoms with Crippen molar-refractivity contribution in [1.29, 1.82) is 0 Å². The number of aromatic nitrogens is 2. The molecule has 3 atom stereocenters. The predicted octanol–water partition coefficient (Wildman–Crippen LogP) is 1.24. The van der Waals surface area contributed by atoms with Gasteiger partial charge >= 0.3 is 0 Å². The third-order valence-corrected chi connectivity index (χ3v) is 7.98. The second-order valence-electron chi connectivity index (χ2n) is 7.94. The van der Waals surface area contributed by atoms with Crippen molar-refractivity contribution < 1.29 is 8.42 Å². The molecule has 7 heteroatoms. The summed E-state index contributed by atoms with van der Waals surface area (Å²) in [4.78, 5) is 4.39. The lowest BCUT2D eigenvalue weighted by atomic mass is 10.00. The zero-order chi connectivity index (χ0) is 17.8. The Morgan fingerprint density at radius 1 is 1.25 bits per heavy atom. The van der Waals surface area contributed by atoms with Gasteiger partial charge in [0.25, 0.3) is 0 Å². The second-order valence-corrected chi connectivity index (χ2v) is 10.2. The summed E-state index contributed by atoms with van der Waals surface area (Å²) in [6.07, 6.45) is 0. The third kappa shape index (κ3) is 2.91. The molecule has 0 aliphatic carbocycles. The van der Waals surface area contributed by atoms with Gasteiger partial charge in [0.1, 0.15) is 0 Å². The van der Waals surface area contributed by atoms with E-state index < -0.39 is 9.84 Å². The van der Waals surface area contributed by atoms with E-state index in [2.05, 4.69) is 47.3 Å². The molecule has 3 heterocycles. The van der Waals surface area contributed by atoms with Gasteiger partial charge in [-0.1, -0.05) is 0 Å². The van der Waals surface area contributed by atoms with Gasteiger partial charge in [-0.15, -0.1) is 0 Å². The van der Waals surface area contributed by atoms with E-state index in [1.165, 1.54) is 11.3 Å². The van der Waals surface area contributed by atoms with Crippen molar-refractivity contribution in [3.05, 3.63) is 17.0 Å². The Kier molecular flexibility index (Phi) is 4.55. The fraction of sp³-hybridized carbons (Fsp3) is 0.824. The first-order chi connectivity index (χ1) is 11.1. The molecule has 3 rings (SSSR count). The van der Waals surface area contributed by atoms with E-state index in [4.69, 9.17) is 0 Å². The Hall–Kier alpha value is -0.920. The van der Waals surface area contributed by atoms with Gasteiger partial charge in [0, 0.05) is 48.9 Å². The maximum absolute atomic E-state index is 12.5. The van der Waals surface area contributed by atoms with Crippen LogP contribution in [0.1, 0.15) is 36.8 Å². The van der Waals surface area contributed by atoms with Gasteiger partial charge in [0.2, 0.25) is 0 Å². The minimum absolute atomic E-state index is 0.144. The topological polar surface area (TPSA) is 58.4 Å². The normalized spacial score (nSPS) is 29.8. The van der Waals surface area contributed by atoms with E-state index in [-0.39, 0.29) is 17.2 Å². The van der Waals surface area contributed by atoms with Gasteiger partial charge in [0.05, 0.1) is 16.7 Å². The Morgan fingerprint density at radius 3 is 2.46 bits per heavy atom. The average Bonchev–Trinajstić information content (AvgIpc) is 3.08. The summed E-state index contributed by atoms with van der Waals surface area (Å²) in [5.41, 5.74) is 3.51. The highest BCUT2D eigenvalue weighted by Gasteiger charge is 2.52. The summed E-state index contributed by atoms with van der Waals surface area (Å²) in [5, 5.41) is 4.46. The zero-order valence-electron chi connectivity index (χ0n) is 15.7. The fourth-order valence-electron chi connectivity index (χ4n) is 4.43. The van der Waals surface area contributed by atoms with Gasteiger partial charge in [0.15, 0.2) is 9.84 Å². The van der Waals surface area contributed by atoms with Crippen LogP contribution in [0.25, 0.3) is 0 Å². The molecule has 0 bridgehead atoms. The molecule has 6 nitrogen and oxygen atoms in total. The molecule has 0 aromatic carbocycles. The quantitative estimate of drug-likeness (QED) is 0.814. The van der Waals surface area contributed by atoms with Crippen LogP contribution in [0.3, 0.4) is 0 Å². The van der Waals surface area contributed by atoms with Gasteiger partial charge in [-0.05, 0) is 41.8 Å². The van der Waals surface area contributed by atoms with Crippen LogP contribution in [0, 0.1) is 19.8 Å². The summed E-state index contributed by atoms with van der Waals surface area (Å²) in [7, 11) is 1.01. The van der Waals surface area contributed by atoms with Gasteiger partial charge in [-0.2, -0.15) is 5.10 Å². The van der Waals surface area contributed by atoms with Gasteiger partial charge in [-0.3, -0.25) is 9.58 Å². The number of sulfone groups is 1. The zero-order valence-corrected chi connectivity index (χ0v) is 16.5. The van der Waals surface area contributed by atoms with Crippen LogP contribution in [-0.2, 0) is 16.4 Å². The van der Waals surface area contributed by atoms with Crippen molar-refractivity contribution in [1.82, 2.24) is 19.6 Å². The standard InChI is InChI=1S/C17H30N4O2S/c1-11(2)21-13(4)14(12(3)18-21)7-20-8-15-16(19(5)6)10-24(22,23)17(15)9-20/h11,15-17H,7-10H2,1-6H3/t15-,16+,17-/m0/s1. The average molecular weight is 355 g/mol. The van der Waals surface area contributed by atoms with E-state index in [9.17, 15) is 8.42 Å². The summed E-state index contributed by atoms with van der Waals surface area (Å²) >= 11 is 0. The largest absolute Gasteiger partial charge is 0.305 e. The van der Waals surface area contributed by atoms with Gasteiger partial charge < -0.3 is 4.90 Å². The number of nitrogens with zero attached hydrogens (tertiary/aromatic N) is 4. The van der Waals surface area contributed by atoms with E-state index in [0.717, 1.165) is 18.8 Å². The lowest BCUT2D eigenvalue weighted by Gasteiger charge is -2.25. The molecule has 1 aromatic heterocycles. The van der Waals surface area contributed by atoms with Crippen LogP contribution >= 0.6 is 0 Å². The Labute approximate surface area is 145 Å². The first-order valence-electron chi connectivity index (χ1n) is 8.76. The number of fused-ring (bicyclic) bond motifs is 1. The molecule has 0 saturated carbocycles. The summed E-state index contributed by atoms with van der Waals surface area (Å²) in [6.45, 7) is 10.8. The molecule has 0 amide bonds. The number of hydrogen-bond acceptors (Lipinski definition) is 5. The monoisotopic (exact) mass is 354 g/mol. The highest BCUT2D eigenvalue weighted by Crippen LogP contribution is 2.36. The maximum Gasteiger partial charge on any atom is 0.156 e. The van der Waals surface area contributed by atoms with E-state index in [1.807, 2.05) is 14.1 Å². The fourth-order valence-corrected chi connectivity index (χ4v) is 6.93. The van der Waals surface area contributed by atoms with E-state index in [0.29, 0.717) is 18.3 Å². The van der Waals surface area contributed by atoms with Crippen molar-refractivity contribution in [3.63, 3.8) is 0 Å². The van der Waals surface area contributed by atoms with Crippen LogP contribution in [0.5, 0.6) is 0 Å². The molecule has 2 saturated heterocycles. The molecule has 136 valence electrons. The lowest BCUT2D eigenvalue weighted by Crippen LogP contribution is -2.37. The lowest BCUT2D eigenvalue weighted by molar-refractivity contribution is 0.229. The Balaban J connectivity index is 1.80. The SMILES string of the molecule is Cc1nn(C(C)C)c(C)c1CN1C[C@H]2[C@H](N(C)C)CS(=O)(=O)[C@H]2C1. The first kappa shape index (κ1) is 17.9. The minimum atomic E-state index is -2.98. The van der Waals surface area contributed by atoms with E-state index in [1.54, 1.807) is 0 Å². The van der Waals surface area contributed by atoms with Crippen molar-refractivity contribution in [2.75, 3.05) is 32.9 Å². The summed E-state index contributed by atoms with van der Waals surface area (Å²) in [5.74, 6) is 0.540. The number of aryl methyl sites for hydroxylation is 1. The molecular weight excluding hydrogens is 324 g/mol. The molecular formula is C17H30N4O2S. The molecule has 2 aliphatic rings. The van der Waals surface area contributed by atoms with Crippen molar-refractivity contribution in [2.24, 2.45) is 5.92 Å². The maximum atomic E-state index is 12.5. The molecule has 2 fully saturated rings. The van der Waals surface area contributed by atoms with Crippen LogP contribution in [0.15, 0.2) is 0 Å². The Bertz CT molecular complexity index is 723. The third-order valence-electron chi connectivity index (χ3n) is 5.75. The van der Waals surface area contributed by atoms with Crippen LogP contribution < -0.4 is 0 Å². The van der Waals surface area contributed by atoms with Crippen LogP contribution in [0.2, 0.25) is 0 Å².